The van der Waals surface area contributed by atoms with Gasteiger partial charge in [-0.2, -0.15) is 0 Å². The normalized spacial score (nSPS) is 17.3. The van der Waals surface area contributed by atoms with Crippen molar-refractivity contribution in [1.29, 1.82) is 0 Å². The van der Waals surface area contributed by atoms with E-state index in [2.05, 4.69) is 76.5 Å². The van der Waals surface area contributed by atoms with E-state index >= 15 is 0 Å². The van der Waals surface area contributed by atoms with Gasteiger partial charge in [-0.3, -0.25) is 0 Å². The van der Waals surface area contributed by atoms with Crippen molar-refractivity contribution in [1.82, 2.24) is 5.32 Å². The van der Waals surface area contributed by atoms with Gasteiger partial charge in [0.15, 0.2) is 0 Å². The molecule has 1 aliphatic rings. The molecule has 1 fully saturated rings. The highest BCUT2D eigenvalue weighted by atomic mass is 14.9. The predicted molar refractivity (Wildman–Crippen MR) is 124 cm³/mol. The summed E-state index contributed by atoms with van der Waals surface area (Å²) in [7, 11) is 0. The van der Waals surface area contributed by atoms with Gasteiger partial charge >= 0.3 is 0 Å². The second kappa shape index (κ2) is 11.1. The minimum Gasteiger partial charge on any atom is -0.359 e. The molecule has 1 nitrogen and oxygen atoms in total. The smallest absolute Gasteiger partial charge is 0.0375 e. The Morgan fingerprint density at radius 3 is 2.57 bits per heavy atom. The Labute approximate surface area is 173 Å². The summed E-state index contributed by atoms with van der Waals surface area (Å²) in [6.45, 7) is 16.9. The van der Waals surface area contributed by atoms with Crippen LogP contribution in [0.25, 0.3) is 0 Å². The Kier molecular flexibility index (Phi) is 8.83. The quantitative estimate of drug-likeness (QED) is 0.434. The van der Waals surface area contributed by atoms with Crippen LogP contribution in [0.5, 0.6) is 0 Å². The van der Waals surface area contributed by atoms with E-state index in [0.29, 0.717) is 5.92 Å². The maximum absolute atomic E-state index is 4.16. The van der Waals surface area contributed by atoms with Gasteiger partial charge in [-0.15, -0.1) is 0 Å². The average molecular weight is 378 g/mol. The van der Waals surface area contributed by atoms with Crippen molar-refractivity contribution < 1.29 is 0 Å². The molecule has 0 aliphatic heterocycles. The summed E-state index contributed by atoms with van der Waals surface area (Å²) in [5, 5.41) is 3.41. The van der Waals surface area contributed by atoms with E-state index < -0.39 is 0 Å². The Morgan fingerprint density at radius 2 is 1.93 bits per heavy atom. The van der Waals surface area contributed by atoms with Crippen LogP contribution < -0.4 is 5.32 Å². The van der Waals surface area contributed by atoms with Crippen LogP contribution in [0.3, 0.4) is 0 Å². The van der Waals surface area contributed by atoms with Crippen LogP contribution in [0.4, 0.5) is 0 Å². The van der Waals surface area contributed by atoms with Crippen LogP contribution in [0.15, 0.2) is 66.6 Å². The topological polar surface area (TPSA) is 12.0 Å². The average Bonchev–Trinajstić information content (AvgIpc) is 2.72. The van der Waals surface area contributed by atoms with Crippen molar-refractivity contribution in [3.63, 3.8) is 0 Å². The second-order valence-corrected chi connectivity index (χ2v) is 8.51. The summed E-state index contributed by atoms with van der Waals surface area (Å²) in [4.78, 5) is 0. The molecule has 1 atom stereocenters. The number of allylic oxidation sites excluding steroid dienone is 5. The van der Waals surface area contributed by atoms with Gasteiger partial charge in [-0.25, -0.2) is 0 Å². The van der Waals surface area contributed by atoms with E-state index in [0.717, 1.165) is 30.2 Å². The maximum Gasteiger partial charge on any atom is 0.0375 e. The van der Waals surface area contributed by atoms with Crippen LogP contribution in [-0.4, -0.2) is 0 Å². The van der Waals surface area contributed by atoms with Gasteiger partial charge in [-0.1, -0.05) is 81.7 Å². The van der Waals surface area contributed by atoms with Crippen LogP contribution in [0.1, 0.15) is 81.9 Å². The molecule has 0 bridgehead atoms. The van der Waals surface area contributed by atoms with E-state index in [1.807, 2.05) is 6.08 Å². The molecular formula is C27H39N. The lowest BCUT2D eigenvalue weighted by molar-refractivity contribution is 0.442. The highest BCUT2D eigenvalue weighted by Crippen LogP contribution is 2.35. The molecule has 1 aliphatic carbocycles. The number of nitrogens with one attached hydrogen (secondary N) is 1. The van der Waals surface area contributed by atoms with Crippen molar-refractivity contribution in [3.8, 4) is 0 Å². The van der Waals surface area contributed by atoms with E-state index in [1.54, 1.807) is 5.56 Å². The first-order valence-electron chi connectivity index (χ1n) is 11.0. The summed E-state index contributed by atoms with van der Waals surface area (Å²) in [5.74, 6) is 1.20. The first-order chi connectivity index (χ1) is 13.4. The molecular weight excluding hydrogens is 338 g/mol. The van der Waals surface area contributed by atoms with Gasteiger partial charge in [0.2, 0.25) is 0 Å². The van der Waals surface area contributed by atoms with Crippen LogP contribution in [0.2, 0.25) is 0 Å². The molecule has 152 valence electrons. The highest BCUT2D eigenvalue weighted by molar-refractivity contribution is 5.38. The monoisotopic (exact) mass is 377 g/mol. The Balaban J connectivity index is 2.13. The predicted octanol–water partition coefficient (Wildman–Crippen LogP) is 7.75. The van der Waals surface area contributed by atoms with Crippen molar-refractivity contribution in [2.75, 3.05) is 0 Å². The fourth-order valence-corrected chi connectivity index (χ4v) is 3.98. The summed E-state index contributed by atoms with van der Waals surface area (Å²) in [6, 6.07) is 7.04. The third-order valence-corrected chi connectivity index (χ3v) is 6.10. The fraction of sp³-hybridized carbons (Fsp3) is 0.481. The molecule has 2 rings (SSSR count). The first kappa shape index (κ1) is 22.3. The van der Waals surface area contributed by atoms with Crippen LogP contribution in [-0.2, 0) is 6.42 Å². The van der Waals surface area contributed by atoms with Gasteiger partial charge in [-0.05, 0) is 74.6 Å². The lowest BCUT2D eigenvalue weighted by atomic mass is 9.80. The molecule has 1 heteroatoms. The third-order valence-electron chi connectivity index (χ3n) is 6.10. The summed E-state index contributed by atoms with van der Waals surface area (Å²) in [6.07, 6.45) is 15.2. The highest BCUT2D eigenvalue weighted by Gasteiger charge is 2.18. The SMILES string of the molecule is C=C/C(=C\C=C(/C)Cc1ccc(C)cc1C1CCCCC1)NC(=C)C(C)CC. The Bertz CT molecular complexity index is 729. The molecule has 28 heavy (non-hydrogen) atoms. The zero-order valence-corrected chi connectivity index (χ0v) is 18.5. The number of rotatable bonds is 9. The molecule has 0 heterocycles. The summed E-state index contributed by atoms with van der Waals surface area (Å²) in [5.41, 5.74) is 7.91. The second-order valence-electron chi connectivity index (χ2n) is 8.51. The number of benzene rings is 1. The maximum atomic E-state index is 4.16. The van der Waals surface area contributed by atoms with E-state index in [9.17, 15) is 0 Å². The van der Waals surface area contributed by atoms with Gasteiger partial charge in [0.1, 0.15) is 0 Å². The van der Waals surface area contributed by atoms with Crippen molar-refractivity contribution in [2.45, 2.75) is 78.6 Å². The van der Waals surface area contributed by atoms with Crippen LogP contribution >= 0.6 is 0 Å². The fourth-order valence-electron chi connectivity index (χ4n) is 3.98. The molecule has 0 spiro atoms. The molecule has 1 N–H and O–H groups in total. The Hall–Kier alpha value is -2.02. The summed E-state index contributed by atoms with van der Waals surface area (Å²) >= 11 is 0. The lowest BCUT2D eigenvalue weighted by Crippen LogP contribution is -2.15. The van der Waals surface area contributed by atoms with Crippen molar-refractivity contribution in [3.05, 3.63) is 83.2 Å². The number of hydrogen-bond acceptors (Lipinski definition) is 1. The number of aryl methyl sites for hydroxylation is 1. The van der Waals surface area contributed by atoms with Gasteiger partial charge < -0.3 is 5.32 Å². The third kappa shape index (κ3) is 6.55. The molecule has 0 radical (unpaired) electrons. The minimum atomic E-state index is 0.457. The molecule has 1 aromatic carbocycles. The van der Waals surface area contributed by atoms with Gasteiger partial charge in [0, 0.05) is 11.4 Å². The minimum absolute atomic E-state index is 0.457. The Morgan fingerprint density at radius 1 is 1.21 bits per heavy atom. The first-order valence-corrected chi connectivity index (χ1v) is 11.0. The van der Waals surface area contributed by atoms with Gasteiger partial charge in [0.05, 0.1) is 0 Å². The standard InChI is InChI=1S/C27H39N/c1-7-22(5)23(6)28-26(8-2)17-15-20(3)18-25-16-14-21(4)19-27(25)24-12-10-9-11-13-24/h8,14-17,19,22,24,28H,2,6-7,9-13,18H2,1,3-5H3/b20-15+,26-17+. The van der Waals surface area contributed by atoms with Crippen molar-refractivity contribution >= 4 is 0 Å². The van der Waals surface area contributed by atoms with E-state index in [1.165, 1.54) is 48.8 Å². The molecule has 0 amide bonds. The van der Waals surface area contributed by atoms with E-state index in [-0.39, 0.29) is 0 Å². The van der Waals surface area contributed by atoms with Gasteiger partial charge in [0.25, 0.3) is 0 Å². The molecule has 0 saturated heterocycles. The zero-order chi connectivity index (χ0) is 20.5. The van der Waals surface area contributed by atoms with Crippen molar-refractivity contribution in [2.24, 2.45) is 5.92 Å². The largest absolute Gasteiger partial charge is 0.359 e. The molecule has 1 unspecified atom stereocenters. The zero-order valence-electron chi connectivity index (χ0n) is 18.5. The molecule has 1 saturated carbocycles. The summed E-state index contributed by atoms with van der Waals surface area (Å²) < 4.78 is 0. The number of hydrogen-bond donors (Lipinski definition) is 1. The molecule has 1 aromatic rings. The molecule has 0 aromatic heterocycles. The lowest BCUT2D eigenvalue weighted by Gasteiger charge is -2.25. The van der Waals surface area contributed by atoms with E-state index in [4.69, 9.17) is 0 Å². The van der Waals surface area contributed by atoms with Crippen LogP contribution in [0, 0.1) is 12.8 Å².